The van der Waals surface area contributed by atoms with E-state index in [-0.39, 0.29) is 17.7 Å². The first-order chi connectivity index (χ1) is 25.7. The van der Waals surface area contributed by atoms with E-state index in [1.54, 1.807) is 33.5 Å². The number of benzene rings is 3. The van der Waals surface area contributed by atoms with Crippen LogP contribution in [0.1, 0.15) is 88.8 Å². The first kappa shape index (κ1) is 37.1. The maximum atomic E-state index is 12.9. The molecule has 276 valence electrons. The molecule has 1 unspecified atom stereocenters. The van der Waals surface area contributed by atoms with Crippen molar-refractivity contribution >= 4 is 34.5 Å². The fourth-order valence-electron chi connectivity index (χ4n) is 6.89. The van der Waals surface area contributed by atoms with Gasteiger partial charge >= 0.3 is 0 Å². The number of piperidine rings is 1. The number of nitrogens with one attached hydrogen (secondary N) is 2. The van der Waals surface area contributed by atoms with Gasteiger partial charge in [0.25, 0.3) is 11.8 Å². The maximum absolute atomic E-state index is 12.9. The molecule has 12 nitrogen and oxygen atoms in total. The van der Waals surface area contributed by atoms with Crippen molar-refractivity contribution in [1.82, 2.24) is 25.2 Å². The molecule has 12 heteroatoms. The Morgan fingerprint density at radius 2 is 1.87 bits per heavy atom. The van der Waals surface area contributed by atoms with Crippen LogP contribution in [0.4, 0.5) is 0 Å². The Bertz CT molecular complexity index is 2050. The SMILES string of the molecule is CN(Cc1cccc(OCCn2ccc3ccc(C(=O)NO)cc32)c1)C(=O)CCCCCCC#Cc1ccc2c(c1)CN([C@H]1CCC(O)NC1=O)C2=O. The van der Waals surface area contributed by atoms with E-state index in [1.165, 1.54) is 0 Å². The Hall–Kier alpha value is -5.64. The lowest BCUT2D eigenvalue weighted by Gasteiger charge is -2.32. The maximum Gasteiger partial charge on any atom is 0.274 e. The number of ether oxygens (including phenoxy) is 1. The second kappa shape index (κ2) is 17.3. The number of hydroxylamine groups is 1. The number of carbonyl (C=O) groups excluding carboxylic acids is 4. The van der Waals surface area contributed by atoms with E-state index in [9.17, 15) is 24.3 Å². The van der Waals surface area contributed by atoms with E-state index in [2.05, 4.69) is 17.2 Å². The highest BCUT2D eigenvalue weighted by molar-refractivity contribution is 6.01. The quantitative estimate of drug-likeness (QED) is 0.0636. The molecule has 1 fully saturated rings. The Kier molecular flexibility index (Phi) is 12.1. The van der Waals surface area contributed by atoms with E-state index in [1.807, 2.05) is 66.3 Å². The van der Waals surface area contributed by atoms with Gasteiger partial charge in [0, 0.05) is 61.4 Å². The minimum Gasteiger partial charge on any atom is -0.492 e. The predicted molar refractivity (Wildman–Crippen MR) is 198 cm³/mol. The molecular weight excluding hydrogens is 674 g/mol. The molecule has 0 bridgehead atoms. The van der Waals surface area contributed by atoms with Gasteiger partial charge in [0.05, 0.1) is 6.54 Å². The molecule has 0 spiro atoms. The van der Waals surface area contributed by atoms with Gasteiger partial charge in [-0.15, -0.1) is 0 Å². The molecule has 53 heavy (non-hydrogen) atoms. The predicted octanol–water partition coefficient (Wildman–Crippen LogP) is 4.74. The van der Waals surface area contributed by atoms with Crippen LogP contribution in [0, 0.1) is 11.8 Å². The topological polar surface area (TPSA) is 153 Å². The largest absolute Gasteiger partial charge is 0.492 e. The van der Waals surface area contributed by atoms with Crippen LogP contribution in [-0.4, -0.2) is 74.2 Å². The van der Waals surface area contributed by atoms with Crippen LogP contribution in [0.25, 0.3) is 10.9 Å². The summed E-state index contributed by atoms with van der Waals surface area (Å²) in [5, 5.41) is 22.1. The zero-order chi connectivity index (χ0) is 37.3. The molecule has 3 heterocycles. The van der Waals surface area contributed by atoms with E-state index in [4.69, 9.17) is 9.94 Å². The summed E-state index contributed by atoms with van der Waals surface area (Å²) in [6.45, 7) is 1.82. The van der Waals surface area contributed by atoms with Gasteiger partial charge in [-0.05, 0) is 90.7 Å². The first-order valence-electron chi connectivity index (χ1n) is 18.1. The van der Waals surface area contributed by atoms with Crippen molar-refractivity contribution < 1.29 is 34.2 Å². The van der Waals surface area contributed by atoms with Crippen molar-refractivity contribution in [2.45, 2.75) is 83.3 Å². The Morgan fingerprint density at radius 1 is 1.02 bits per heavy atom. The first-order valence-corrected chi connectivity index (χ1v) is 18.1. The molecule has 0 aliphatic carbocycles. The van der Waals surface area contributed by atoms with E-state index < -0.39 is 18.2 Å². The number of fused-ring (bicyclic) bond motifs is 2. The number of amides is 4. The van der Waals surface area contributed by atoms with Crippen molar-refractivity contribution in [1.29, 1.82) is 0 Å². The van der Waals surface area contributed by atoms with Gasteiger partial charge < -0.3 is 29.5 Å². The number of rotatable bonds is 14. The molecule has 4 amide bonds. The van der Waals surface area contributed by atoms with Crippen molar-refractivity contribution in [3.63, 3.8) is 0 Å². The Morgan fingerprint density at radius 3 is 2.70 bits per heavy atom. The summed E-state index contributed by atoms with van der Waals surface area (Å²) in [4.78, 5) is 53.2. The fraction of sp³-hybridized carbons (Fsp3) is 0.366. The average molecular weight is 720 g/mol. The zero-order valence-corrected chi connectivity index (χ0v) is 29.8. The molecule has 1 saturated heterocycles. The van der Waals surface area contributed by atoms with Crippen LogP contribution in [-0.2, 0) is 29.2 Å². The van der Waals surface area contributed by atoms with Gasteiger partial charge in [0.2, 0.25) is 11.8 Å². The molecule has 3 aromatic carbocycles. The van der Waals surface area contributed by atoms with Crippen LogP contribution in [0.5, 0.6) is 5.75 Å². The Balaban J connectivity index is 0.872. The van der Waals surface area contributed by atoms with Gasteiger partial charge in [-0.1, -0.05) is 42.9 Å². The van der Waals surface area contributed by atoms with Gasteiger partial charge in [-0.3, -0.25) is 24.4 Å². The summed E-state index contributed by atoms with van der Waals surface area (Å²) >= 11 is 0. The van der Waals surface area contributed by atoms with Crippen LogP contribution in [0.15, 0.2) is 72.9 Å². The smallest absolute Gasteiger partial charge is 0.274 e. The van der Waals surface area contributed by atoms with Crippen molar-refractivity contribution in [3.8, 4) is 17.6 Å². The molecule has 4 aromatic rings. The van der Waals surface area contributed by atoms with Crippen LogP contribution in [0.3, 0.4) is 0 Å². The number of aliphatic hydroxyl groups excluding tert-OH is 1. The average Bonchev–Trinajstić information content (AvgIpc) is 3.71. The van der Waals surface area contributed by atoms with Crippen LogP contribution in [0.2, 0.25) is 0 Å². The molecule has 6 rings (SSSR count). The van der Waals surface area contributed by atoms with Crippen LogP contribution >= 0.6 is 0 Å². The Labute approximate surface area is 308 Å². The molecule has 2 aliphatic heterocycles. The summed E-state index contributed by atoms with van der Waals surface area (Å²) in [6, 6.07) is 19.9. The summed E-state index contributed by atoms with van der Waals surface area (Å²) in [5.74, 6) is 6.20. The molecule has 1 aromatic heterocycles. The number of hydrogen-bond acceptors (Lipinski definition) is 7. The number of aliphatic hydroxyl groups is 1. The third-order valence-electron chi connectivity index (χ3n) is 9.80. The van der Waals surface area contributed by atoms with Gasteiger partial charge in [-0.2, -0.15) is 0 Å². The summed E-state index contributed by atoms with van der Waals surface area (Å²) < 4.78 is 8.02. The standard InChI is InChI=1S/C41H45N5O7/c1-44(26-29-10-8-11-33(24-29)53-22-21-45-20-19-30-14-15-31(25-36(30)45)39(49)43-52)38(48)12-7-5-3-2-4-6-9-28-13-16-34-32(23-28)27-46(41(34)51)35-17-18-37(47)42-40(35)50/h8,10-11,13-16,19-20,23-25,35,37,47,52H,2-5,7,12,17-18,21-22,26-27H2,1H3,(H,42,50)(H,43,49)/t35-,37?/m0/s1. The van der Waals surface area contributed by atoms with Gasteiger partial charge in [0.15, 0.2) is 0 Å². The highest BCUT2D eigenvalue weighted by Crippen LogP contribution is 2.28. The van der Waals surface area contributed by atoms with Crippen molar-refractivity contribution in [2.75, 3.05) is 13.7 Å². The minimum atomic E-state index is -0.854. The number of unbranched alkanes of at least 4 members (excludes halogenated alkanes) is 4. The molecule has 2 aliphatic rings. The van der Waals surface area contributed by atoms with Crippen LogP contribution < -0.4 is 15.5 Å². The van der Waals surface area contributed by atoms with Crippen molar-refractivity contribution in [2.24, 2.45) is 0 Å². The molecule has 0 radical (unpaired) electrons. The van der Waals surface area contributed by atoms with E-state index >= 15 is 0 Å². The number of aromatic nitrogens is 1. The summed E-state index contributed by atoms with van der Waals surface area (Å²) in [5.41, 5.74) is 6.19. The number of carbonyl (C=O) groups is 4. The molecular formula is C41H45N5O7. The summed E-state index contributed by atoms with van der Waals surface area (Å²) in [7, 11) is 1.82. The number of hydrogen-bond donors (Lipinski definition) is 4. The number of nitrogens with zero attached hydrogens (tertiary/aromatic N) is 3. The van der Waals surface area contributed by atoms with Gasteiger partial charge in [-0.25, -0.2) is 5.48 Å². The highest BCUT2D eigenvalue weighted by Gasteiger charge is 2.39. The lowest BCUT2D eigenvalue weighted by molar-refractivity contribution is -0.132. The third-order valence-corrected chi connectivity index (χ3v) is 9.80. The monoisotopic (exact) mass is 719 g/mol. The third kappa shape index (κ3) is 9.24. The summed E-state index contributed by atoms with van der Waals surface area (Å²) in [6.07, 6.45) is 6.84. The van der Waals surface area contributed by atoms with E-state index in [0.29, 0.717) is 62.4 Å². The lowest BCUT2D eigenvalue weighted by Crippen LogP contribution is -2.54. The minimum absolute atomic E-state index is 0.0974. The second-order valence-electron chi connectivity index (χ2n) is 13.6. The highest BCUT2D eigenvalue weighted by atomic mass is 16.5. The van der Waals surface area contributed by atoms with Crippen molar-refractivity contribution in [3.05, 3.63) is 101 Å². The normalized spacial score (nSPS) is 16.5. The second-order valence-corrected chi connectivity index (χ2v) is 13.6. The van der Waals surface area contributed by atoms with E-state index in [0.717, 1.165) is 59.7 Å². The molecule has 2 atom stereocenters. The molecule has 4 N–H and O–H groups in total. The zero-order valence-electron chi connectivity index (χ0n) is 29.8. The molecule has 0 saturated carbocycles. The lowest BCUT2D eigenvalue weighted by atomic mass is 10.0. The van der Waals surface area contributed by atoms with Gasteiger partial charge in [0.1, 0.15) is 24.6 Å². The fourth-order valence-corrected chi connectivity index (χ4v) is 6.89.